The van der Waals surface area contributed by atoms with Crippen LogP contribution in [0.4, 0.5) is 11.4 Å². The van der Waals surface area contributed by atoms with Crippen LogP contribution in [0, 0.1) is 24.2 Å². The smallest absolute Gasteiger partial charge is 0.227 e. The molecule has 1 aliphatic heterocycles. The van der Waals surface area contributed by atoms with Gasteiger partial charge in [-0.05, 0) is 62.1 Å². The van der Waals surface area contributed by atoms with Crippen molar-refractivity contribution < 1.29 is 4.79 Å². The second-order valence-corrected chi connectivity index (χ2v) is 11.1. The van der Waals surface area contributed by atoms with E-state index in [1.165, 1.54) is 12.0 Å². The van der Waals surface area contributed by atoms with Crippen molar-refractivity contribution in [1.82, 2.24) is 14.9 Å². The van der Waals surface area contributed by atoms with Crippen molar-refractivity contribution in [3.63, 3.8) is 0 Å². The zero-order chi connectivity index (χ0) is 25.4. The van der Waals surface area contributed by atoms with Gasteiger partial charge >= 0.3 is 0 Å². The molecular weight excluding hydrogens is 448 g/mol. The topological polar surface area (TPSA) is 84.5 Å². The van der Waals surface area contributed by atoms with Crippen LogP contribution in [-0.2, 0) is 4.79 Å². The average Bonchev–Trinajstić information content (AvgIpc) is 3.40. The standard InChI is InChI=1S/C29H34N6O/c1-18-10-14-21(15-11-18)30-24-25(29(3,4)5)33-35-27(24)32-26(34-35)20-12-16-22(17-13-20)31-28(36)23-9-7-6-8-19(23)2/h10-17,19,23H,6-9H2,1-5H3,(H,31,36). The molecule has 0 saturated heterocycles. The second-order valence-electron chi connectivity index (χ2n) is 11.1. The molecule has 0 radical (unpaired) electrons. The maximum atomic E-state index is 12.8. The number of carbonyl (C=O) groups excluding carboxylic acids is 1. The summed E-state index contributed by atoms with van der Waals surface area (Å²) in [5.74, 6) is 1.87. The third kappa shape index (κ3) is 4.87. The Kier molecular flexibility index (Phi) is 6.33. The second kappa shape index (κ2) is 9.45. The molecule has 7 nitrogen and oxygen atoms in total. The highest BCUT2D eigenvalue weighted by Crippen LogP contribution is 2.31. The first kappa shape index (κ1) is 24.1. The SMILES string of the molecule is Cc1ccc(N=C2C(C(C)(C)C)=Nn3nc(-c4ccc(NC(=O)C5CCCCC5C)cc4)nc32)cc1. The minimum Gasteiger partial charge on any atom is -0.326 e. The molecular formula is C29H34N6O. The zero-order valence-electron chi connectivity index (χ0n) is 21.7. The van der Waals surface area contributed by atoms with Crippen LogP contribution >= 0.6 is 0 Å². The molecule has 0 spiro atoms. The van der Waals surface area contributed by atoms with Gasteiger partial charge in [-0.1, -0.05) is 58.2 Å². The Hall–Kier alpha value is -3.61. The third-order valence-electron chi connectivity index (χ3n) is 7.07. The molecule has 1 amide bonds. The van der Waals surface area contributed by atoms with Crippen molar-refractivity contribution >= 4 is 28.7 Å². The molecule has 2 aromatic carbocycles. The summed E-state index contributed by atoms with van der Waals surface area (Å²) in [7, 11) is 0. The summed E-state index contributed by atoms with van der Waals surface area (Å²) in [5.41, 5.74) is 5.11. The molecule has 2 aliphatic rings. The fraction of sp³-hybridized carbons (Fsp3) is 0.414. The minimum atomic E-state index is -0.207. The van der Waals surface area contributed by atoms with E-state index < -0.39 is 0 Å². The van der Waals surface area contributed by atoms with E-state index in [2.05, 4.69) is 45.0 Å². The van der Waals surface area contributed by atoms with Crippen LogP contribution in [-0.4, -0.2) is 32.2 Å². The van der Waals surface area contributed by atoms with E-state index in [4.69, 9.17) is 15.1 Å². The summed E-state index contributed by atoms with van der Waals surface area (Å²) in [5, 5.41) is 12.5. The van der Waals surface area contributed by atoms with Gasteiger partial charge in [0.25, 0.3) is 0 Å². The molecule has 1 aliphatic carbocycles. The summed E-state index contributed by atoms with van der Waals surface area (Å²) < 4.78 is 0. The number of benzene rings is 2. The van der Waals surface area contributed by atoms with Gasteiger partial charge in [0.15, 0.2) is 5.82 Å². The number of aryl methyl sites for hydroxylation is 1. The van der Waals surface area contributed by atoms with Crippen molar-refractivity contribution in [3.8, 4) is 11.4 Å². The lowest BCUT2D eigenvalue weighted by Gasteiger charge is -2.27. The summed E-state index contributed by atoms with van der Waals surface area (Å²) in [6, 6.07) is 15.8. The van der Waals surface area contributed by atoms with E-state index in [1.54, 1.807) is 4.79 Å². The maximum Gasteiger partial charge on any atom is 0.227 e. The van der Waals surface area contributed by atoms with E-state index in [1.807, 2.05) is 48.5 Å². The van der Waals surface area contributed by atoms with Gasteiger partial charge < -0.3 is 5.32 Å². The lowest BCUT2D eigenvalue weighted by Crippen LogP contribution is -2.30. The van der Waals surface area contributed by atoms with Crippen LogP contribution in [0.3, 0.4) is 0 Å². The first-order valence-electron chi connectivity index (χ1n) is 12.8. The Labute approximate surface area is 212 Å². The van der Waals surface area contributed by atoms with Crippen molar-refractivity contribution in [2.75, 3.05) is 5.32 Å². The van der Waals surface area contributed by atoms with E-state index in [-0.39, 0.29) is 17.2 Å². The number of nitrogens with zero attached hydrogens (tertiary/aromatic N) is 5. The molecule has 2 unspecified atom stereocenters. The summed E-state index contributed by atoms with van der Waals surface area (Å²) in [6.07, 6.45) is 4.45. The lowest BCUT2D eigenvalue weighted by atomic mass is 9.80. The van der Waals surface area contributed by atoms with Gasteiger partial charge in [0, 0.05) is 22.6 Å². The highest BCUT2D eigenvalue weighted by atomic mass is 16.1. The van der Waals surface area contributed by atoms with Crippen molar-refractivity contribution in [2.24, 2.45) is 27.3 Å². The number of carbonyl (C=O) groups is 1. The van der Waals surface area contributed by atoms with Gasteiger partial charge in [-0.25, -0.2) is 9.98 Å². The number of amides is 1. The molecule has 1 N–H and O–H groups in total. The number of hydrogen-bond donors (Lipinski definition) is 1. The molecule has 2 heterocycles. The van der Waals surface area contributed by atoms with Gasteiger partial charge in [0.1, 0.15) is 5.71 Å². The largest absolute Gasteiger partial charge is 0.326 e. The number of anilines is 1. The van der Waals surface area contributed by atoms with Gasteiger partial charge in [-0.3, -0.25) is 4.79 Å². The van der Waals surface area contributed by atoms with Crippen LogP contribution in [0.1, 0.15) is 64.8 Å². The molecule has 3 aromatic rings. The Morgan fingerprint density at radius 3 is 2.39 bits per heavy atom. The Morgan fingerprint density at radius 2 is 1.72 bits per heavy atom. The summed E-state index contributed by atoms with van der Waals surface area (Å²) in [4.78, 5) is 24.1. The highest BCUT2D eigenvalue weighted by Gasteiger charge is 2.35. The van der Waals surface area contributed by atoms with Crippen molar-refractivity contribution in [3.05, 3.63) is 59.9 Å². The number of hydrogen-bond acceptors (Lipinski definition) is 5. The number of aromatic nitrogens is 3. The third-order valence-corrected chi connectivity index (χ3v) is 7.07. The molecule has 186 valence electrons. The van der Waals surface area contributed by atoms with Crippen molar-refractivity contribution in [2.45, 2.75) is 60.3 Å². The molecule has 0 bridgehead atoms. The van der Waals surface area contributed by atoms with Gasteiger partial charge in [-0.15, -0.1) is 9.89 Å². The number of rotatable bonds is 4. The maximum absolute atomic E-state index is 12.8. The molecule has 5 rings (SSSR count). The van der Waals surface area contributed by atoms with Crippen LogP contribution < -0.4 is 5.32 Å². The highest BCUT2D eigenvalue weighted by molar-refractivity contribution is 6.50. The fourth-order valence-electron chi connectivity index (χ4n) is 4.89. The predicted molar refractivity (Wildman–Crippen MR) is 145 cm³/mol. The molecule has 2 atom stereocenters. The van der Waals surface area contributed by atoms with Crippen LogP contribution in [0.15, 0.2) is 58.6 Å². The quantitative estimate of drug-likeness (QED) is 0.467. The Morgan fingerprint density at radius 1 is 1.03 bits per heavy atom. The van der Waals surface area contributed by atoms with Crippen molar-refractivity contribution in [1.29, 1.82) is 0 Å². The van der Waals surface area contributed by atoms with Gasteiger partial charge in [0.05, 0.1) is 11.4 Å². The normalized spacial score (nSPS) is 20.8. The summed E-state index contributed by atoms with van der Waals surface area (Å²) in [6.45, 7) is 10.6. The minimum absolute atomic E-state index is 0.0947. The van der Waals surface area contributed by atoms with E-state index in [0.29, 0.717) is 17.6 Å². The van der Waals surface area contributed by atoms with Crippen LogP contribution in [0.25, 0.3) is 11.4 Å². The molecule has 36 heavy (non-hydrogen) atoms. The molecule has 1 saturated carbocycles. The Balaban J connectivity index is 1.39. The van der Waals surface area contributed by atoms with Crippen LogP contribution in [0.5, 0.6) is 0 Å². The number of nitrogens with one attached hydrogen (secondary N) is 1. The lowest BCUT2D eigenvalue weighted by molar-refractivity contribution is -0.122. The average molecular weight is 483 g/mol. The van der Waals surface area contributed by atoms with Gasteiger partial charge in [-0.2, -0.15) is 5.10 Å². The van der Waals surface area contributed by atoms with E-state index in [9.17, 15) is 4.79 Å². The molecule has 1 aromatic heterocycles. The number of aliphatic imine (C=N–C) groups is 1. The first-order valence-corrected chi connectivity index (χ1v) is 12.8. The monoisotopic (exact) mass is 482 g/mol. The summed E-state index contributed by atoms with van der Waals surface area (Å²) >= 11 is 0. The first-order chi connectivity index (χ1) is 17.2. The predicted octanol–water partition coefficient (Wildman–Crippen LogP) is 6.40. The zero-order valence-corrected chi connectivity index (χ0v) is 21.7. The molecule has 1 fully saturated rings. The van der Waals surface area contributed by atoms with E-state index >= 15 is 0 Å². The van der Waals surface area contributed by atoms with E-state index in [0.717, 1.165) is 47.6 Å². The van der Waals surface area contributed by atoms with Gasteiger partial charge in [0.2, 0.25) is 11.7 Å². The fourth-order valence-corrected chi connectivity index (χ4v) is 4.89. The molecule has 7 heteroatoms. The Bertz CT molecular complexity index is 1330. The number of fused-ring (bicyclic) bond motifs is 1. The van der Waals surface area contributed by atoms with Crippen LogP contribution in [0.2, 0.25) is 0 Å².